The number of carbonyl (C=O) groups excluding carboxylic acids is 2. The molecule has 0 radical (unpaired) electrons. The Morgan fingerprint density at radius 2 is 1.71 bits per heavy atom. The van der Waals surface area contributed by atoms with E-state index in [0.29, 0.717) is 24.1 Å². The van der Waals surface area contributed by atoms with Crippen LogP contribution in [0.1, 0.15) is 66.9 Å². The van der Waals surface area contributed by atoms with Gasteiger partial charge < -0.3 is 14.9 Å². The monoisotopic (exact) mass is 550 g/mol. The van der Waals surface area contributed by atoms with Gasteiger partial charge in [-0.1, -0.05) is 6.42 Å². The first-order valence-electron chi connectivity index (χ1n) is 12.6. The van der Waals surface area contributed by atoms with Crippen LogP contribution in [0, 0.1) is 11.7 Å². The predicted octanol–water partition coefficient (Wildman–Crippen LogP) is 6.16. The SMILES string of the molecule is O=C(O)CCC(=O)N(C1CC1)[C@H]1c2cc(F)ccc2N(C(=O)c2ccc(SC(F)(F)F)cc2)[C@H]2CCC[C@H]21. The van der Waals surface area contributed by atoms with Crippen LogP contribution < -0.4 is 4.90 Å². The topological polar surface area (TPSA) is 77.9 Å². The summed E-state index contributed by atoms with van der Waals surface area (Å²) in [5, 5.41) is 9.11. The highest BCUT2D eigenvalue weighted by Crippen LogP contribution is 2.53. The lowest BCUT2D eigenvalue weighted by Gasteiger charge is -2.48. The van der Waals surface area contributed by atoms with E-state index in [1.165, 1.54) is 42.5 Å². The summed E-state index contributed by atoms with van der Waals surface area (Å²) in [6, 6.07) is 8.52. The highest BCUT2D eigenvalue weighted by molar-refractivity contribution is 8.00. The van der Waals surface area contributed by atoms with E-state index in [1.54, 1.807) is 9.80 Å². The number of fused-ring (bicyclic) bond motifs is 2. The van der Waals surface area contributed by atoms with Gasteiger partial charge in [0.05, 0.1) is 12.5 Å². The van der Waals surface area contributed by atoms with Gasteiger partial charge >= 0.3 is 11.5 Å². The van der Waals surface area contributed by atoms with Crippen LogP contribution in [0.15, 0.2) is 47.4 Å². The Balaban J connectivity index is 1.52. The third-order valence-corrected chi connectivity index (χ3v) is 8.21. The maximum absolute atomic E-state index is 14.6. The van der Waals surface area contributed by atoms with Crippen molar-refractivity contribution in [1.82, 2.24) is 4.90 Å². The van der Waals surface area contributed by atoms with E-state index in [4.69, 9.17) is 5.11 Å². The molecule has 0 saturated heterocycles. The third-order valence-electron chi connectivity index (χ3n) is 7.47. The molecule has 0 spiro atoms. The summed E-state index contributed by atoms with van der Waals surface area (Å²) in [6.45, 7) is 0. The van der Waals surface area contributed by atoms with Crippen LogP contribution in [-0.4, -0.2) is 45.4 Å². The molecule has 1 N–H and O–H groups in total. The zero-order valence-electron chi connectivity index (χ0n) is 20.3. The summed E-state index contributed by atoms with van der Waals surface area (Å²) in [7, 11) is 0. The van der Waals surface area contributed by atoms with E-state index in [1.807, 2.05) is 0 Å². The molecule has 3 aliphatic rings. The summed E-state index contributed by atoms with van der Waals surface area (Å²) in [5.41, 5.74) is -3.26. The summed E-state index contributed by atoms with van der Waals surface area (Å²) < 4.78 is 52.8. The summed E-state index contributed by atoms with van der Waals surface area (Å²) in [6.07, 6.45) is 3.25. The molecule has 0 unspecified atom stereocenters. The Bertz CT molecular complexity index is 1250. The Labute approximate surface area is 221 Å². The number of carbonyl (C=O) groups is 3. The molecular weight excluding hydrogens is 524 g/mol. The van der Waals surface area contributed by atoms with Gasteiger partial charge in [0.15, 0.2) is 0 Å². The molecule has 5 rings (SSSR count). The van der Waals surface area contributed by atoms with Crippen LogP contribution in [0.3, 0.4) is 0 Å². The van der Waals surface area contributed by atoms with Crippen molar-refractivity contribution >= 4 is 35.2 Å². The highest BCUT2D eigenvalue weighted by atomic mass is 32.2. The molecule has 1 aliphatic heterocycles. The second-order valence-electron chi connectivity index (χ2n) is 9.98. The highest BCUT2D eigenvalue weighted by Gasteiger charge is 2.51. The van der Waals surface area contributed by atoms with Gasteiger partial charge in [-0.25, -0.2) is 4.39 Å². The van der Waals surface area contributed by atoms with Crippen LogP contribution in [-0.2, 0) is 9.59 Å². The lowest BCUT2D eigenvalue weighted by Crippen LogP contribution is -2.53. The first-order valence-corrected chi connectivity index (χ1v) is 13.4. The number of benzene rings is 2. The van der Waals surface area contributed by atoms with Crippen molar-refractivity contribution in [2.45, 2.75) is 73.5 Å². The van der Waals surface area contributed by atoms with Crippen molar-refractivity contribution in [2.75, 3.05) is 4.90 Å². The molecule has 6 nitrogen and oxygen atoms in total. The molecule has 202 valence electrons. The molecule has 0 aromatic heterocycles. The molecule has 2 fully saturated rings. The second-order valence-corrected chi connectivity index (χ2v) is 11.1. The van der Waals surface area contributed by atoms with Crippen molar-refractivity contribution in [3.05, 3.63) is 59.4 Å². The number of thioether (sulfide) groups is 1. The Kier molecular flexibility index (Phi) is 7.15. The minimum absolute atomic E-state index is 0.0334. The van der Waals surface area contributed by atoms with Gasteiger partial charge in [0, 0.05) is 46.1 Å². The molecule has 2 aliphatic carbocycles. The molecule has 1 heterocycles. The maximum atomic E-state index is 14.6. The number of carboxylic acids is 1. The molecule has 3 atom stereocenters. The number of anilines is 1. The van der Waals surface area contributed by atoms with Gasteiger partial charge in [-0.3, -0.25) is 14.4 Å². The lowest BCUT2D eigenvalue weighted by molar-refractivity contribution is -0.142. The van der Waals surface area contributed by atoms with Crippen LogP contribution in [0.5, 0.6) is 0 Å². The first-order chi connectivity index (χ1) is 18.0. The van der Waals surface area contributed by atoms with Crippen LogP contribution in [0.2, 0.25) is 0 Å². The number of carboxylic acid groups (broad SMARTS) is 1. The number of amides is 2. The average Bonchev–Trinajstić information content (AvgIpc) is 3.57. The fourth-order valence-corrected chi connectivity index (χ4v) is 6.42. The number of hydrogen-bond acceptors (Lipinski definition) is 4. The smallest absolute Gasteiger partial charge is 0.446 e. The standard InChI is InChI=1S/C27H26F4N2O4S/c28-16-6-11-22-20(14-16)25(32(17-7-8-17)23(34)12-13-24(35)36)19-2-1-3-21(19)33(22)26(37)15-4-9-18(10-5-15)38-27(29,30)31/h4-6,9-11,14,17,19,21,25H,1-3,7-8,12-13H2,(H,35,36)/t19-,21+,25-/m1/s1. The van der Waals surface area contributed by atoms with E-state index < -0.39 is 29.2 Å². The molecule has 11 heteroatoms. The van der Waals surface area contributed by atoms with Crippen molar-refractivity contribution in [2.24, 2.45) is 5.92 Å². The van der Waals surface area contributed by atoms with E-state index in [9.17, 15) is 31.9 Å². The van der Waals surface area contributed by atoms with Crippen LogP contribution in [0.4, 0.5) is 23.2 Å². The van der Waals surface area contributed by atoms with Crippen LogP contribution >= 0.6 is 11.8 Å². The van der Waals surface area contributed by atoms with Crippen molar-refractivity contribution < 1.29 is 37.1 Å². The first kappa shape index (κ1) is 26.5. The normalized spacial score (nSPS) is 22.5. The zero-order chi connectivity index (χ0) is 27.2. The Hall–Kier alpha value is -3.08. The third kappa shape index (κ3) is 5.39. The van der Waals surface area contributed by atoms with Gasteiger partial charge in [0.25, 0.3) is 5.91 Å². The molecule has 2 amide bonds. The predicted molar refractivity (Wildman–Crippen MR) is 132 cm³/mol. The minimum Gasteiger partial charge on any atom is -0.481 e. The maximum Gasteiger partial charge on any atom is 0.446 e. The van der Waals surface area contributed by atoms with Gasteiger partial charge in [0.1, 0.15) is 5.82 Å². The number of nitrogens with zero attached hydrogens (tertiary/aromatic N) is 2. The van der Waals surface area contributed by atoms with Crippen molar-refractivity contribution in [3.8, 4) is 0 Å². The Morgan fingerprint density at radius 1 is 1.00 bits per heavy atom. The number of halogens is 4. The summed E-state index contributed by atoms with van der Waals surface area (Å²) >= 11 is -0.258. The minimum atomic E-state index is -4.44. The largest absolute Gasteiger partial charge is 0.481 e. The molecule has 38 heavy (non-hydrogen) atoms. The van der Waals surface area contributed by atoms with Crippen LogP contribution in [0.25, 0.3) is 0 Å². The molecular formula is C27H26F4N2O4S. The molecule has 2 aromatic carbocycles. The average molecular weight is 551 g/mol. The fourth-order valence-electron chi connectivity index (χ4n) is 5.88. The Morgan fingerprint density at radius 3 is 2.34 bits per heavy atom. The van der Waals surface area contributed by atoms with Gasteiger partial charge in [-0.2, -0.15) is 13.2 Å². The summed E-state index contributed by atoms with van der Waals surface area (Å²) in [5.74, 6) is -2.45. The zero-order valence-corrected chi connectivity index (χ0v) is 21.1. The van der Waals surface area contributed by atoms with Gasteiger partial charge in [-0.05, 0) is 79.9 Å². The van der Waals surface area contributed by atoms with Crippen molar-refractivity contribution in [1.29, 1.82) is 0 Å². The quantitative estimate of drug-likeness (QED) is 0.330. The van der Waals surface area contributed by atoms with Gasteiger partial charge in [-0.15, -0.1) is 0 Å². The number of alkyl halides is 3. The van der Waals surface area contributed by atoms with E-state index in [-0.39, 0.29) is 59.0 Å². The molecule has 2 saturated carbocycles. The lowest BCUT2D eigenvalue weighted by atomic mass is 9.81. The number of hydrogen-bond donors (Lipinski definition) is 1. The second kappa shape index (κ2) is 10.2. The van der Waals surface area contributed by atoms with E-state index >= 15 is 0 Å². The number of aliphatic carboxylic acids is 1. The molecule has 0 bridgehead atoms. The van der Waals surface area contributed by atoms with E-state index in [0.717, 1.165) is 19.3 Å². The number of rotatable bonds is 7. The molecule has 2 aromatic rings. The van der Waals surface area contributed by atoms with Crippen molar-refractivity contribution in [3.63, 3.8) is 0 Å². The van der Waals surface area contributed by atoms with Gasteiger partial charge in [0.2, 0.25) is 5.91 Å². The fraction of sp³-hybridized carbons (Fsp3) is 0.444. The van der Waals surface area contributed by atoms with E-state index in [2.05, 4.69) is 0 Å². The summed E-state index contributed by atoms with van der Waals surface area (Å²) in [4.78, 5) is 41.5.